The van der Waals surface area contributed by atoms with E-state index in [0.717, 1.165) is 30.4 Å². The van der Waals surface area contributed by atoms with E-state index in [1.54, 1.807) is 0 Å². The van der Waals surface area contributed by atoms with Crippen LogP contribution >= 0.6 is 0 Å². The van der Waals surface area contributed by atoms with Gasteiger partial charge in [0.2, 0.25) is 5.95 Å². The molecule has 102 valence electrons. The first-order valence-corrected chi connectivity index (χ1v) is 7.68. The zero-order valence-corrected chi connectivity index (χ0v) is 11.4. The van der Waals surface area contributed by atoms with E-state index in [4.69, 9.17) is 0 Å². The van der Waals surface area contributed by atoms with Crippen molar-refractivity contribution in [1.29, 1.82) is 0 Å². The van der Waals surface area contributed by atoms with Gasteiger partial charge in [0.1, 0.15) is 0 Å². The summed E-state index contributed by atoms with van der Waals surface area (Å²) in [6.45, 7) is 3.25. The zero-order chi connectivity index (χ0) is 12.7. The van der Waals surface area contributed by atoms with Crippen molar-refractivity contribution in [3.63, 3.8) is 0 Å². The fourth-order valence-corrected chi connectivity index (χ4v) is 3.55. The summed E-state index contributed by atoms with van der Waals surface area (Å²) in [5.74, 6) is 2.74. The molecule has 4 rings (SSSR count). The Kier molecular flexibility index (Phi) is 2.91. The van der Waals surface area contributed by atoms with Crippen molar-refractivity contribution in [1.82, 2.24) is 15.3 Å². The molecule has 2 saturated carbocycles. The largest absolute Gasteiger partial charge is 0.340 e. The monoisotopic (exact) mass is 258 g/mol. The van der Waals surface area contributed by atoms with Crippen molar-refractivity contribution in [3.05, 3.63) is 18.0 Å². The third kappa shape index (κ3) is 2.46. The smallest absolute Gasteiger partial charge is 0.225 e. The first kappa shape index (κ1) is 11.6. The van der Waals surface area contributed by atoms with Crippen LogP contribution in [0.3, 0.4) is 0 Å². The van der Waals surface area contributed by atoms with Crippen LogP contribution < -0.4 is 10.2 Å². The summed E-state index contributed by atoms with van der Waals surface area (Å²) in [6.07, 6.45) is 10.9. The average molecular weight is 258 g/mol. The van der Waals surface area contributed by atoms with Crippen LogP contribution in [-0.2, 0) is 6.54 Å². The zero-order valence-electron chi connectivity index (χ0n) is 11.4. The van der Waals surface area contributed by atoms with Crippen LogP contribution in [0.25, 0.3) is 0 Å². The Morgan fingerprint density at radius 1 is 1.05 bits per heavy atom. The molecule has 1 aliphatic heterocycles. The molecule has 19 heavy (non-hydrogen) atoms. The number of nitrogens with zero attached hydrogens (tertiary/aromatic N) is 3. The number of hydrogen-bond acceptors (Lipinski definition) is 4. The minimum absolute atomic E-state index is 0.748. The lowest BCUT2D eigenvalue weighted by Gasteiger charge is -2.17. The molecule has 0 spiro atoms. The molecule has 2 atom stereocenters. The van der Waals surface area contributed by atoms with Gasteiger partial charge in [0, 0.05) is 43.6 Å². The molecule has 2 heterocycles. The predicted octanol–water partition coefficient (Wildman–Crippen LogP) is 1.96. The number of fused-ring (bicyclic) bond motifs is 1. The lowest BCUT2D eigenvalue weighted by Crippen LogP contribution is -2.23. The summed E-state index contributed by atoms with van der Waals surface area (Å²) in [4.78, 5) is 11.5. The lowest BCUT2D eigenvalue weighted by molar-refractivity contribution is 0.494. The molecular weight excluding hydrogens is 236 g/mol. The highest BCUT2D eigenvalue weighted by Crippen LogP contribution is 2.38. The van der Waals surface area contributed by atoms with Gasteiger partial charge in [-0.2, -0.15) is 0 Å². The maximum Gasteiger partial charge on any atom is 0.225 e. The molecule has 2 unspecified atom stereocenters. The van der Waals surface area contributed by atoms with E-state index in [9.17, 15) is 0 Å². The molecule has 0 aromatic carbocycles. The van der Waals surface area contributed by atoms with Crippen molar-refractivity contribution >= 4 is 5.95 Å². The molecule has 3 fully saturated rings. The molecule has 4 nitrogen and oxygen atoms in total. The van der Waals surface area contributed by atoms with Gasteiger partial charge in [-0.3, -0.25) is 0 Å². The molecule has 3 aliphatic rings. The average Bonchev–Trinajstić information content (AvgIpc) is 3.01. The summed E-state index contributed by atoms with van der Waals surface area (Å²) in [5, 5.41) is 3.50. The number of rotatable bonds is 4. The molecule has 4 heteroatoms. The van der Waals surface area contributed by atoms with Crippen LogP contribution in [0, 0.1) is 11.8 Å². The van der Waals surface area contributed by atoms with Gasteiger partial charge in [-0.15, -0.1) is 0 Å². The fourth-order valence-electron chi connectivity index (χ4n) is 3.55. The van der Waals surface area contributed by atoms with Crippen LogP contribution in [0.5, 0.6) is 0 Å². The highest BCUT2D eigenvalue weighted by molar-refractivity contribution is 5.32. The summed E-state index contributed by atoms with van der Waals surface area (Å²) >= 11 is 0. The maximum absolute atomic E-state index is 4.56. The summed E-state index contributed by atoms with van der Waals surface area (Å²) in [6, 6.07) is 0.748. The van der Waals surface area contributed by atoms with Gasteiger partial charge in [-0.05, 0) is 37.5 Å². The Bertz CT molecular complexity index is 428. The van der Waals surface area contributed by atoms with Crippen LogP contribution in [0.4, 0.5) is 5.95 Å². The van der Waals surface area contributed by atoms with E-state index in [-0.39, 0.29) is 0 Å². The van der Waals surface area contributed by atoms with Gasteiger partial charge in [-0.25, -0.2) is 9.97 Å². The van der Waals surface area contributed by atoms with E-state index in [1.807, 2.05) is 12.4 Å². The molecule has 1 N–H and O–H groups in total. The van der Waals surface area contributed by atoms with Crippen molar-refractivity contribution in [3.8, 4) is 0 Å². The van der Waals surface area contributed by atoms with Gasteiger partial charge >= 0.3 is 0 Å². The SMILES string of the molecule is c1nc(N2CC3CCCC3C2)ncc1CNC1CC1. The maximum atomic E-state index is 4.56. The molecule has 1 aromatic rings. The second-order valence-electron chi connectivity index (χ2n) is 6.40. The molecule has 0 amide bonds. The highest BCUT2D eigenvalue weighted by Gasteiger charge is 2.36. The Labute approximate surface area is 114 Å². The Morgan fingerprint density at radius 2 is 1.74 bits per heavy atom. The number of hydrogen-bond donors (Lipinski definition) is 1. The fraction of sp³-hybridized carbons (Fsp3) is 0.733. The minimum Gasteiger partial charge on any atom is -0.340 e. The second-order valence-corrected chi connectivity index (χ2v) is 6.40. The van der Waals surface area contributed by atoms with Crippen molar-refractivity contribution in [2.75, 3.05) is 18.0 Å². The summed E-state index contributed by atoms with van der Waals surface area (Å²) in [5.41, 5.74) is 1.20. The first-order chi connectivity index (χ1) is 9.38. The van der Waals surface area contributed by atoms with Gasteiger partial charge in [0.05, 0.1) is 0 Å². The van der Waals surface area contributed by atoms with Crippen molar-refractivity contribution < 1.29 is 0 Å². The van der Waals surface area contributed by atoms with Gasteiger partial charge in [0.25, 0.3) is 0 Å². The quantitative estimate of drug-likeness (QED) is 0.896. The predicted molar refractivity (Wildman–Crippen MR) is 74.9 cm³/mol. The van der Waals surface area contributed by atoms with Crippen LogP contribution in [0.2, 0.25) is 0 Å². The molecule has 2 aliphatic carbocycles. The highest BCUT2D eigenvalue weighted by atomic mass is 15.3. The topological polar surface area (TPSA) is 41.1 Å². The molecular formula is C15H22N4. The number of anilines is 1. The van der Waals surface area contributed by atoms with Crippen molar-refractivity contribution in [2.24, 2.45) is 11.8 Å². The lowest BCUT2D eigenvalue weighted by atomic mass is 10.0. The number of nitrogens with one attached hydrogen (secondary N) is 1. The van der Waals surface area contributed by atoms with E-state index in [0.29, 0.717) is 0 Å². The van der Waals surface area contributed by atoms with Gasteiger partial charge in [-0.1, -0.05) is 6.42 Å². The van der Waals surface area contributed by atoms with Crippen LogP contribution in [0.1, 0.15) is 37.7 Å². The molecule has 1 aromatic heterocycles. The standard InChI is InChI=1S/C15H22N4/c1-2-12-9-19(10-13(12)3-1)15-17-7-11(8-18-15)6-16-14-4-5-14/h7-8,12-14,16H,1-6,9-10H2. The molecule has 1 saturated heterocycles. The van der Waals surface area contributed by atoms with Crippen molar-refractivity contribution in [2.45, 2.75) is 44.7 Å². The number of aromatic nitrogens is 2. The second kappa shape index (κ2) is 4.75. The van der Waals surface area contributed by atoms with Crippen LogP contribution in [-0.4, -0.2) is 29.1 Å². The first-order valence-electron chi connectivity index (χ1n) is 7.68. The van der Waals surface area contributed by atoms with Gasteiger partial charge in [0.15, 0.2) is 0 Å². The summed E-state index contributed by atoms with van der Waals surface area (Å²) < 4.78 is 0. The molecule has 0 bridgehead atoms. The normalized spacial score (nSPS) is 29.8. The van der Waals surface area contributed by atoms with E-state index < -0.39 is 0 Å². The van der Waals surface area contributed by atoms with Gasteiger partial charge < -0.3 is 10.2 Å². The van der Waals surface area contributed by atoms with E-state index in [2.05, 4.69) is 20.2 Å². The Hall–Kier alpha value is -1.16. The minimum atomic E-state index is 0.748. The molecule has 0 radical (unpaired) electrons. The summed E-state index contributed by atoms with van der Waals surface area (Å²) in [7, 11) is 0. The Balaban J connectivity index is 1.38. The van der Waals surface area contributed by atoms with E-state index in [1.165, 1.54) is 50.8 Å². The van der Waals surface area contributed by atoms with E-state index >= 15 is 0 Å². The Morgan fingerprint density at radius 3 is 2.37 bits per heavy atom. The van der Waals surface area contributed by atoms with Crippen LogP contribution in [0.15, 0.2) is 12.4 Å². The third-order valence-corrected chi connectivity index (χ3v) is 4.87. The third-order valence-electron chi connectivity index (χ3n) is 4.87.